The summed E-state index contributed by atoms with van der Waals surface area (Å²) < 4.78 is 21.5. The normalized spacial score (nSPS) is 10.4. The van der Waals surface area contributed by atoms with Gasteiger partial charge in [0.1, 0.15) is 12.4 Å². The van der Waals surface area contributed by atoms with Gasteiger partial charge in [0, 0.05) is 35.5 Å². The Morgan fingerprint density at radius 1 is 0.970 bits per heavy atom. The van der Waals surface area contributed by atoms with Crippen LogP contribution in [0.5, 0.6) is 23.0 Å². The van der Waals surface area contributed by atoms with Gasteiger partial charge in [0.15, 0.2) is 11.5 Å². The molecule has 0 aliphatic heterocycles. The van der Waals surface area contributed by atoms with Gasteiger partial charge in [-0.25, -0.2) is 0 Å². The molecule has 10 heteroatoms. The number of methoxy groups -OCH3 is 2. The molecule has 33 heavy (non-hydrogen) atoms. The van der Waals surface area contributed by atoms with Gasteiger partial charge in [-0.1, -0.05) is 11.6 Å². The fourth-order valence-corrected chi connectivity index (χ4v) is 2.99. The summed E-state index contributed by atoms with van der Waals surface area (Å²) in [5.41, 5.74) is 0.628. The molecule has 1 N–H and O–H groups in total. The Labute approximate surface area is 194 Å². The van der Waals surface area contributed by atoms with E-state index in [0.29, 0.717) is 41.7 Å². The smallest absolute Gasteiger partial charge is 0.313 e. The summed E-state index contributed by atoms with van der Waals surface area (Å²) in [5, 5.41) is 14.2. The van der Waals surface area contributed by atoms with Gasteiger partial charge < -0.3 is 24.3 Å². The molecule has 0 spiro atoms. The first-order valence-electron chi connectivity index (χ1n) is 9.74. The van der Waals surface area contributed by atoms with Crippen LogP contribution in [0.1, 0.15) is 10.4 Å². The Morgan fingerprint density at radius 3 is 2.36 bits per heavy atom. The van der Waals surface area contributed by atoms with E-state index in [1.54, 1.807) is 49.6 Å². The maximum absolute atomic E-state index is 12.6. The van der Waals surface area contributed by atoms with Crippen LogP contribution in [0.15, 0.2) is 60.7 Å². The second-order valence-corrected chi connectivity index (χ2v) is 7.09. The molecule has 1 amide bonds. The number of halogens is 1. The zero-order chi connectivity index (χ0) is 23.8. The van der Waals surface area contributed by atoms with Crippen LogP contribution in [0.2, 0.25) is 5.02 Å². The number of carbonyl (C=O) groups excluding carboxylic acids is 1. The number of nitrogens with zero attached hydrogens (tertiary/aromatic N) is 1. The molecule has 0 unspecified atom stereocenters. The zero-order valence-electron chi connectivity index (χ0n) is 17.9. The molecule has 0 aromatic heterocycles. The van der Waals surface area contributed by atoms with Crippen molar-refractivity contribution in [2.75, 3.05) is 32.8 Å². The summed E-state index contributed by atoms with van der Waals surface area (Å²) in [6.07, 6.45) is 0. The third kappa shape index (κ3) is 6.34. The summed E-state index contributed by atoms with van der Waals surface area (Å²) in [6, 6.07) is 15.3. The molecule has 0 fully saturated rings. The molecule has 3 rings (SSSR count). The summed E-state index contributed by atoms with van der Waals surface area (Å²) >= 11 is 5.82. The molecule has 172 valence electrons. The minimum Gasteiger partial charge on any atom is -0.493 e. The number of nitro groups is 1. The molecule has 0 radical (unpaired) electrons. The van der Waals surface area contributed by atoms with Crippen LogP contribution in [0.4, 0.5) is 11.4 Å². The van der Waals surface area contributed by atoms with E-state index in [9.17, 15) is 14.9 Å². The van der Waals surface area contributed by atoms with E-state index < -0.39 is 4.92 Å². The van der Waals surface area contributed by atoms with E-state index in [4.69, 9.17) is 30.5 Å². The molecule has 0 saturated carbocycles. The van der Waals surface area contributed by atoms with Gasteiger partial charge in [-0.2, -0.15) is 0 Å². The molecule has 0 atom stereocenters. The predicted octanol–water partition coefficient (Wildman–Crippen LogP) is 5.33. The number of hydrogen-bond acceptors (Lipinski definition) is 7. The zero-order valence-corrected chi connectivity index (χ0v) is 18.6. The lowest BCUT2D eigenvalue weighted by Gasteiger charge is -2.13. The van der Waals surface area contributed by atoms with Crippen molar-refractivity contribution in [2.24, 2.45) is 0 Å². The minimum absolute atomic E-state index is 0.0424. The third-order valence-corrected chi connectivity index (χ3v) is 4.66. The van der Waals surface area contributed by atoms with Crippen molar-refractivity contribution in [3.8, 4) is 23.0 Å². The van der Waals surface area contributed by atoms with Gasteiger partial charge in [-0.3, -0.25) is 14.9 Å². The highest BCUT2D eigenvalue weighted by atomic mass is 35.5. The second-order valence-electron chi connectivity index (χ2n) is 6.66. The lowest BCUT2D eigenvalue weighted by molar-refractivity contribution is -0.385. The number of nitro benzene ring substituents is 1. The SMILES string of the molecule is COCCOc1cc(NC(=O)c2ccc(Oc3ccc(Cl)cc3[N+](=O)[O-])cc2)ccc1OC. The van der Waals surface area contributed by atoms with Crippen molar-refractivity contribution in [2.45, 2.75) is 0 Å². The Bertz CT molecular complexity index is 1140. The maximum Gasteiger partial charge on any atom is 0.313 e. The summed E-state index contributed by atoms with van der Waals surface area (Å²) in [6.45, 7) is 0.741. The number of nitrogens with one attached hydrogen (secondary N) is 1. The number of amides is 1. The predicted molar refractivity (Wildman–Crippen MR) is 123 cm³/mol. The highest BCUT2D eigenvalue weighted by molar-refractivity contribution is 6.30. The minimum atomic E-state index is -0.578. The van der Waals surface area contributed by atoms with Crippen molar-refractivity contribution in [3.05, 3.63) is 81.4 Å². The first kappa shape index (κ1) is 23.8. The average Bonchev–Trinajstić information content (AvgIpc) is 2.81. The molecule has 9 nitrogen and oxygen atoms in total. The molecule has 3 aromatic carbocycles. The number of benzene rings is 3. The van der Waals surface area contributed by atoms with Crippen molar-refractivity contribution in [3.63, 3.8) is 0 Å². The van der Waals surface area contributed by atoms with E-state index in [1.165, 1.54) is 25.3 Å². The van der Waals surface area contributed by atoms with E-state index in [1.807, 2.05) is 0 Å². The molecule has 0 bridgehead atoms. The van der Waals surface area contributed by atoms with Crippen LogP contribution in [0.3, 0.4) is 0 Å². The van der Waals surface area contributed by atoms with E-state index in [-0.39, 0.29) is 22.4 Å². The molecular weight excluding hydrogens is 452 g/mol. The third-order valence-electron chi connectivity index (χ3n) is 4.43. The van der Waals surface area contributed by atoms with Gasteiger partial charge in [0.05, 0.1) is 18.6 Å². The topological polar surface area (TPSA) is 109 Å². The highest BCUT2D eigenvalue weighted by Gasteiger charge is 2.17. The van der Waals surface area contributed by atoms with Crippen LogP contribution in [-0.4, -0.2) is 38.3 Å². The Morgan fingerprint density at radius 2 is 1.70 bits per heavy atom. The standard InChI is InChI=1S/C23H21ClN2O7/c1-30-11-12-32-22-14-17(6-10-21(22)31-2)25-23(27)15-3-7-18(8-4-15)33-20-9-5-16(24)13-19(20)26(28)29/h3-10,13-14H,11-12H2,1-2H3,(H,25,27). The summed E-state index contributed by atoms with van der Waals surface area (Å²) in [4.78, 5) is 23.3. The number of carbonyl (C=O) groups is 1. The van der Waals surface area contributed by atoms with E-state index >= 15 is 0 Å². The first-order valence-corrected chi connectivity index (χ1v) is 10.1. The van der Waals surface area contributed by atoms with Gasteiger partial charge in [-0.15, -0.1) is 0 Å². The number of anilines is 1. The van der Waals surface area contributed by atoms with Gasteiger partial charge >= 0.3 is 5.69 Å². The molecule has 0 heterocycles. The maximum atomic E-state index is 12.6. The van der Waals surface area contributed by atoms with Crippen molar-refractivity contribution in [1.29, 1.82) is 0 Å². The van der Waals surface area contributed by atoms with Gasteiger partial charge in [0.2, 0.25) is 5.75 Å². The second kappa shape index (κ2) is 11.2. The molecule has 0 aliphatic rings. The van der Waals surface area contributed by atoms with E-state index in [2.05, 4.69) is 5.32 Å². The molecule has 0 aliphatic carbocycles. The fraction of sp³-hybridized carbons (Fsp3) is 0.174. The van der Waals surface area contributed by atoms with Crippen molar-refractivity contribution < 1.29 is 28.7 Å². The quantitative estimate of drug-likeness (QED) is 0.241. The average molecular weight is 473 g/mol. The molecule has 0 saturated heterocycles. The monoisotopic (exact) mass is 472 g/mol. The first-order chi connectivity index (χ1) is 15.9. The lowest BCUT2D eigenvalue weighted by atomic mass is 10.2. The Hall–Kier alpha value is -3.82. The Balaban J connectivity index is 1.70. The highest BCUT2D eigenvalue weighted by Crippen LogP contribution is 2.34. The number of hydrogen-bond donors (Lipinski definition) is 1. The summed E-state index contributed by atoms with van der Waals surface area (Å²) in [7, 11) is 3.10. The Kier molecular flexibility index (Phi) is 8.06. The lowest BCUT2D eigenvalue weighted by Crippen LogP contribution is -2.12. The fourth-order valence-electron chi connectivity index (χ4n) is 2.83. The molecular formula is C23H21ClN2O7. The van der Waals surface area contributed by atoms with Crippen LogP contribution in [0.25, 0.3) is 0 Å². The molecule has 3 aromatic rings. The largest absolute Gasteiger partial charge is 0.493 e. The van der Waals surface area contributed by atoms with Crippen LogP contribution in [0, 0.1) is 10.1 Å². The number of ether oxygens (including phenoxy) is 4. The van der Waals surface area contributed by atoms with Crippen molar-refractivity contribution in [1.82, 2.24) is 0 Å². The van der Waals surface area contributed by atoms with Crippen LogP contribution < -0.4 is 19.5 Å². The van der Waals surface area contributed by atoms with Crippen LogP contribution >= 0.6 is 11.6 Å². The van der Waals surface area contributed by atoms with Gasteiger partial charge in [-0.05, 0) is 48.5 Å². The van der Waals surface area contributed by atoms with E-state index in [0.717, 1.165) is 0 Å². The van der Waals surface area contributed by atoms with Crippen LogP contribution in [-0.2, 0) is 4.74 Å². The van der Waals surface area contributed by atoms with Crippen molar-refractivity contribution >= 4 is 28.9 Å². The van der Waals surface area contributed by atoms with Gasteiger partial charge in [0.25, 0.3) is 5.91 Å². The number of rotatable bonds is 10. The summed E-state index contributed by atoms with van der Waals surface area (Å²) in [5.74, 6) is 1.02.